The smallest absolute Gasteiger partial charge is 0.266 e. The van der Waals surface area contributed by atoms with Gasteiger partial charge in [0.25, 0.3) is 5.91 Å². The minimum atomic E-state index is -0.792. The van der Waals surface area contributed by atoms with Crippen molar-refractivity contribution >= 4 is 17.5 Å². The van der Waals surface area contributed by atoms with Crippen molar-refractivity contribution in [2.45, 2.75) is 32.4 Å². The van der Waals surface area contributed by atoms with Crippen LogP contribution < -0.4 is 15.4 Å². The summed E-state index contributed by atoms with van der Waals surface area (Å²) in [5.74, 6) is 0.138. The van der Waals surface area contributed by atoms with E-state index in [9.17, 15) is 9.59 Å². The number of carbonyl (C=O) groups excluding carboxylic acids is 2. The van der Waals surface area contributed by atoms with E-state index in [1.54, 1.807) is 12.1 Å². The largest absolute Gasteiger partial charge is 0.478 e. The lowest BCUT2D eigenvalue weighted by Crippen LogP contribution is -2.41. The molecule has 6 nitrogen and oxygen atoms in total. The fourth-order valence-electron chi connectivity index (χ4n) is 3.19. The average Bonchev–Trinajstić information content (AvgIpc) is 2.71. The van der Waals surface area contributed by atoms with Gasteiger partial charge in [0.05, 0.1) is 12.1 Å². The van der Waals surface area contributed by atoms with Gasteiger partial charge in [0.2, 0.25) is 5.91 Å². The van der Waals surface area contributed by atoms with Gasteiger partial charge in [-0.2, -0.15) is 0 Å². The number of ether oxygens (including phenoxy) is 1. The molecule has 0 bridgehead atoms. The molecule has 2 N–H and O–H groups in total. The summed E-state index contributed by atoms with van der Waals surface area (Å²) in [5.41, 5.74) is 1.93. The highest BCUT2D eigenvalue weighted by molar-refractivity contribution is 5.99. The SMILES string of the molecule is CCN(CCCNC(=O)CC1Oc2ccccc2NC1=O)Cc1ccccc1. The van der Waals surface area contributed by atoms with Gasteiger partial charge in [0.1, 0.15) is 5.75 Å². The maximum Gasteiger partial charge on any atom is 0.266 e. The van der Waals surface area contributed by atoms with Gasteiger partial charge in [-0.15, -0.1) is 0 Å². The fourth-order valence-corrected chi connectivity index (χ4v) is 3.19. The average molecular weight is 381 g/mol. The predicted molar refractivity (Wildman–Crippen MR) is 109 cm³/mol. The first-order chi connectivity index (χ1) is 13.7. The highest BCUT2D eigenvalue weighted by atomic mass is 16.5. The first-order valence-electron chi connectivity index (χ1n) is 9.75. The second-order valence-corrected chi connectivity index (χ2v) is 6.85. The lowest BCUT2D eigenvalue weighted by atomic mass is 10.1. The van der Waals surface area contributed by atoms with Crippen molar-refractivity contribution in [3.8, 4) is 5.75 Å². The van der Waals surface area contributed by atoms with E-state index in [1.807, 2.05) is 30.3 Å². The van der Waals surface area contributed by atoms with Crippen LogP contribution in [0.15, 0.2) is 54.6 Å². The van der Waals surface area contributed by atoms with Crippen LogP contribution in [0.1, 0.15) is 25.3 Å². The van der Waals surface area contributed by atoms with Crippen LogP contribution in [-0.4, -0.2) is 42.5 Å². The minimum Gasteiger partial charge on any atom is -0.478 e. The summed E-state index contributed by atoms with van der Waals surface area (Å²) in [7, 11) is 0. The summed E-state index contributed by atoms with van der Waals surface area (Å²) < 4.78 is 5.66. The highest BCUT2D eigenvalue weighted by Crippen LogP contribution is 2.29. The number of hydrogen-bond acceptors (Lipinski definition) is 4. The summed E-state index contributed by atoms with van der Waals surface area (Å²) in [5, 5.41) is 5.67. The summed E-state index contributed by atoms with van der Waals surface area (Å²) in [4.78, 5) is 26.6. The molecule has 1 aliphatic heterocycles. The maximum atomic E-state index is 12.2. The molecule has 148 valence electrons. The quantitative estimate of drug-likeness (QED) is 0.656. The zero-order chi connectivity index (χ0) is 19.8. The Morgan fingerprint density at radius 2 is 1.89 bits per heavy atom. The van der Waals surface area contributed by atoms with Gasteiger partial charge < -0.3 is 15.4 Å². The standard InChI is InChI=1S/C22H27N3O3/c1-2-25(16-17-9-4-3-5-10-17)14-8-13-23-21(26)15-20-22(27)24-18-11-6-7-12-19(18)28-20/h3-7,9-12,20H,2,8,13-16H2,1H3,(H,23,26)(H,24,27). The second kappa shape index (κ2) is 9.90. The number of amides is 2. The molecule has 0 fully saturated rings. The van der Waals surface area contributed by atoms with Gasteiger partial charge in [0.15, 0.2) is 6.10 Å². The van der Waals surface area contributed by atoms with Crippen LogP contribution in [0.5, 0.6) is 5.75 Å². The molecule has 28 heavy (non-hydrogen) atoms. The van der Waals surface area contributed by atoms with Gasteiger partial charge in [-0.1, -0.05) is 49.4 Å². The van der Waals surface area contributed by atoms with Crippen molar-refractivity contribution in [1.29, 1.82) is 0 Å². The number of carbonyl (C=O) groups is 2. The zero-order valence-electron chi connectivity index (χ0n) is 16.2. The summed E-state index contributed by atoms with van der Waals surface area (Å²) in [6.45, 7) is 5.48. The third-order valence-electron chi connectivity index (χ3n) is 4.75. The van der Waals surface area contributed by atoms with E-state index in [2.05, 4.69) is 34.6 Å². The van der Waals surface area contributed by atoms with Gasteiger partial charge >= 0.3 is 0 Å². The molecule has 1 heterocycles. The Hall–Kier alpha value is -2.86. The summed E-state index contributed by atoms with van der Waals surface area (Å²) in [6.07, 6.45) is 0.0781. The Morgan fingerprint density at radius 1 is 1.14 bits per heavy atom. The van der Waals surface area contributed by atoms with Crippen molar-refractivity contribution in [2.24, 2.45) is 0 Å². The molecule has 0 saturated heterocycles. The molecule has 2 amide bonds. The molecule has 1 aliphatic rings. The van der Waals surface area contributed by atoms with Crippen LogP contribution in [0.3, 0.4) is 0 Å². The van der Waals surface area contributed by atoms with Crippen LogP contribution in [0.4, 0.5) is 5.69 Å². The van der Waals surface area contributed by atoms with E-state index in [0.29, 0.717) is 18.0 Å². The first kappa shape index (κ1) is 19.9. The minimum absolute atomic E-state index is 0.0156. The monoisotopic (exact) mass is 381 g/mol. The fraction of sp³-hybridized carbons (Fsp3) is 0.364. The Labute approximate surface area is 165 Å². The molecule has 2 aromatic carbocycles. The Morgan fingerprint density at radius 3 is 2.68 bits per heavy atom. The van der Waals surface area contributed by atoms with Gasteiger partial charge in [0, 0.05) is 19.6 Å². The highest BCUT2D eigenvalue weighted by Gasteiger charge is 2.29. The van der Waals surface area contributed by atoms with Crippen molar-refractivity contribution in [3.05, 3.63) is 60.2 Å². The molecular formula is C22H27N3O3. The Bertz CT molecular complexity index is 795. The third-order valence-corrected chi connectivity index (χ3v) is 4.75. The van der Waals surface area contributed by atoms with Crippen LogP contribution in [-0.2, 0) is 16.1 Å². The molecule has 0 radical (unpaired) electrons. The third kappa shape index (κ3) is 5.57. The Balaban J connectivity index is 1.38. The van der Waals surface area contributed by atoms with Crippen LogP contribution >= 0.6 is 0 Å². The van der Waals surface area contributed by atoms with Crippen molar-refractivity contribution in [1.82, 2.24) is 10.2 Å². The van der Waals surface area contributed by atoms with Crippen LogP contribution in [0.2, 0.25) is 0 Å². The zero-order valence-corrected chi connectivity index (χ0v) is 16.2. The van der Waals surface area contributed by atoms with Crippen LogP contribution in [0.25, 0.3) is 0 Å². The van der Waals surface area contributed by atoms with Gasteiger partial charge in [-0.25, -0.2) is 0 Å². The topological polar surface area (TPSA) is 70.7 Å². The molecule has 0 spiro atoms. The lowest BCUT2D eigenvalue weighted by Gasteiger charge is -2.25. The van der Waals surface area contributed by atoms with E-state index in [-0.39, 0.29) is 18.2 Å². The second-order valence-electron chi connectivity index (χ2n) is 6.85. The number of nitrogens with zero attached hydrogens (tertiary/aromatic N) is 1. The van der Waals surface area contributed by atoms with Crippen LogP contribution in [0, 0.1) is 0 Å². The first-order valence-corrected chi connectivity index (χ1v) is 9.75. The molecule has 6 heteroatoms. The van der Waals surface area contributed by atoms with Gasteiger partial charge in [-0.3, -0.25) is 14.5 Å². The number of rotatable bonds is 9. The molecule has 0 aliphatic carbocycles. The van der Waals surface area contributed by atoms with E-state index in [4.69, 9.17) is 4.74 Å². The number of hydrogen-bond donors (Lipinski definition) is 2. The molecule has 3 rings (SSSR count). The number of anilines is 1. The molecule has 1 atom stereocenters. The molecule has 1 unspecified atom stereocenters. The maximum absolute atomic E-state index is 12.2. The number of benzene rings is 2. The molecule has 0 saturated carbocycles. The van der Waals surface area contributed by atoms with E-state index in [1.165, 1.54) is 5.56 Å². The van der Waals surface area contributed by atoms with E-state index < -0.39 is 6.10 Å². The number of para-hydroxylation sites is 2. The molecule has 2 aromatic rings. The molecular weight excluding hydrogens is 354 g/mol. The van der Waals surface area contributed by atoms with Crippen molar-refractivity contribution in [2.75, 3.05) is 25.0 Å². The number of nitrogens with one attached hydrogen (secondary N) is 2. The predicted octanol–water partition coefficient (Wildman–Crippen LogP) is 2.80. The molecule has 0 aromatic heterocycles. The number of fused-ring (bicyclic) bond motifs is 1. The Kier molecular flexibility index (Phi) is 7.03. The van der Waals surface area contributed by atoms with Crippen molar-refractivity contribution < 1.29 is 14.3 Å². The van der Waals surface area contributed by atoms with Crippen molar-refractivity contribution in [3.63, 3.8) is 0 Å². The van der Waals surface area contributed by atoms with Gasteiger partial charge in [-0.05, 0) is 30.7 Å². The normalized spacial score (nSPS) is 15.5. The van der Waals surface area contributed by atoms with E-state index in [0.717, 1.165) is 26.1 Å². The lowest BCUT2D eigenvalue weighted by molar-refractivity contribution is -0.130. The summed E-state index contributed by atoms with van der Waals surface area (Å²) >= 11 is 0. The van der Waals surface area contributed by atoms with E-state index >= 15 is 0 Å². The summed E-state index contributed by atoms with van der Waals surface area (Å²) in [6, 6.07) is 17.6.